The van der Waals surface area contributed by atoms with Crippen molar-refractivity contribution >= 4 is 78.5 Å². The average Bonchev–Trinajstić information content (AvgIpc) is 1.62. The normalized spacial score (nSPS) is 20.0. The minimum atomic E-state index is -3.73. The van der Waals surface area contributed by atoms with Crippen LogP contribution in [0.1, 0.15) is 136 Å². The number of piperidine rings is 2. The number of hydrogen-bond donors (Lipinski definition) is 8. The molecule has 2 saturated heterocycles. The van der Waals surface area contributed by atoms with Crippen LogP contribution in [0.15, 0.2) is 95.0 Å². The molecular weight excluding hydrogens is 1330 g/mol. The second kappa shape index (κ2) is 33.9. The van der Waals surface area contributed by atoms with E-state index in [4.69, 9.17) is 67.3 Å². The number of ether oxygens (including phenoxy) is 2. The van der Waals surface area contributed by atoms with Gasteiger partial charge >= 0.3 is 12.1 Å². The van der Waals surface area contributed by atoms with Gasteiger partial charge in [-0.25, -0.2) is 35.9 Å². The molecule has 4 amide bonds. The zero-order valence-corrected chi connectivity index (χ0v) is 57.3. The molecule has 4 aromatic carbocycles. The number of hydrogen-bond acceptors (Lipinski definition) is 16. The maximum Gasteiger partial charge on any atom is 0.315 e. The highest BCUT2D eigenvalue weighted by Gasteiger charge is 2.42. The van der Waals surface area contributed by atoms with Crippen LogP contribution < -0.4 is 51.7 Å². The van der Waals surface area contributed by atoms with E-state index in [0.717, 1.165) is 113 Å². The highest BCUT2D eigenvalue weighted by Crippen LogP contribution is 2.45. The monoisotopic (exact) mass is 1410 g/mol. The Hall–Kier alpha value is -5.88. The first-order valence-electron chi connectivity index (χ1n) is 32.6. The number of halogens is 4. The number of benzene rings is 4. The third-order valence-electron chi connectivity index (χ3n) is 17.7. The fraction of sp³-hybridized carbons (Fsp3) is 0.531. The van der Waals surface area contributed by atoms with E-state index in [9.17, 15) is 26.4 Å². The minimum Gasteiger partial charge on any atom is -0.484 e. The van der Waals surface area contributed by atoms with E-state index in [0.29, 0.717) is 121 Å². The van der Waals surface area contributed by atoms with Gasteiger partial charge in [0.25, 0.3) is 0 Å². The van der Waals surface area contributed by atoms with E-state index in [1.54, 1.807) is 82.4 Å². The highest BCUT2D eigenvalue weighted by molar-refractivity contribution is 7.89. The van der Waals surface area contributed by atoms with Crippen molar-refractivity contribution in [3.8, 4) is 11.5 Å². The van der Waals surface area contributed by atoms with Crippen LogP contribution in [0.5, 0.6) is 11.5 Å². The predicted molar refractivity (Wildman–Crippen MR) is 362 cm³/mol. The summed E-state index contributed by atoms with van der Waals surface area (Å²) in [7, 11) is -7.47. The van der Waals surface area contributed by atoms with Crippen molar-refractivity contribution < 1.29 is 35.9 Å². The first-order valence-corrected chi connectivity index (χ1v) is 37.1. The van der Waals surface area contributed by atoms with Gasteiger partial charge in [0.05, 0.1) is 47.4 Å². The molecular formula is C64H86Cl4N16O8S2. The van der Waals surface area contributed by atoms with Crippen molar-refractivity contribution in [2.75, 3.05) is 52.4 Å². The number of nitrogens with one attached hydrogen (secondary N) is 6. The minimum absolute atomic E-state index is 0.0194. The number of carbonyl (C=O) groups is 2. The van der Waals surface area contributed by atoms with Crippen LogP contribution in [0.3, 0.4) is 0 Å². The second-order valence-electron chi connectivity index (χ2n) is 24.8. The smallest absolute Gasteiger partial charge is 0.315 e. The van der Waals surface area contributed by atoms with Crippen LogP contribution in [-0.2, 0) is 59.1 Å². The van der Waals surface area contributed by atoms with Gasteiger partial charge in [0.1, 0.15) is 35.1 Å². The van der Waals surface area contributed by atoms with Crippen molar-refractivity contribution in [3.63, 3.8) is 0 Å². The highest BCUT2D eigenvalue weighted by atomic mass is 35.5. The van der Waals surface area contributed by atoms with Crippen molar-refractivity contribution in [2.24, 2.45) is 11.5 Å². The Bertz CT molecular complexity index is 3480. The number of sulfonamides is 2. The number of fused-ring (bicyclic) bond motifs is 2. The molecule has 0 bridgehead atoms. The molecule has 94 heavy (non-hydrogen) atoms. The van der Waals surface area contributed by atoms with Crippen LogP contribution >= 0.6 is 46.4 Å². The zero-order chi connectivity index (χ0) is 66.2. The maximum absolute atomic E-state index is 13.2. The number of carbonyl (C=O) groups excluding carboxylic acids is 2. The fourth-order valence-corrected chi connectivity index (χ4v) is 16.1. The molecule has 2 aromatic heterocycles. The van der Waals surface area contributed by atoms with Gasteiger partial charge in [-0.2, -0.15) is 0 Å². The van der Waals surface area contributed by atoms with Gasteiger partial charge in [-0.05, 0) is 174 Å². The summed E-state index contributed by atoms with van der Waals surface area (Å²) in [5.74, 6) is 1.10. The lowest BCUT2D eigenvalue weighted by Crippen LogP contribution is -2.49. The summed E-state index contributed by atoms with van der Waals surface area (Å²) < 4.78 is 74.8. The van der Waals surface area contributed by atoms with Gasteiger partial charge in [0, 0.05) is 95.7 Å². The number of rotatable bonds is 33. The average molecular weight is 1410 g/mol. The Morgan fingerprint density at radius 3 is 1.32 bits per heavy atom. The first-order chi connectivity index (χ1) is 45.3. The lowest BCUT2D eigenvalue weighted by Gasteiger charge is -2.38. The Morgan fingerprint density at radius 1 is 0.521 bits per heavy atom. The summed E-state index contributed by atoms with van der Waals surface area (Å²) in [6, 6.07) is 19.9. The van der Waals surface area contributed by atoms with Gasteiger partial charge in [-0.1, -0.05) is 82.5 Å². The van der Waals surface area contributed by atoms with Crippen LogP contribution in [0.2, 0.25) is 20.1 Å². The number of aryl methyl sites for hydroxylation is 2. The van der Waals surface area contributed by atoms with Crippen molar-refractivity contribution in [2.45, 2.75) is 175 Å². The van der Waals surface area contributed by atoms with Gasteiger partial charge in [-0.15, -0.1) is 10.2 Å². The summed E-state index contributed by atoms with van der Waals surface area (Å²) in [4.78, 5) is 30.0. The van der Waals surface area contributed by atoms with Gasteiger partial charge in [0.15, 0.2) is 0 Å². The molecule has 10 N–H and O–H groups in total. The second-order valence-corrected chi connectivity index (χ2v) is 30.0. The number of likely N-dealkylation sites (tertiary alicyclic amines) is 2. The third-order valence-corrected chi connectivity index (χ3v) is 21.7. The Balaban J connectivity index is 0.520. The number of unbranched alkanes of at least 4 members (excludes halogenated alkanes) is 7. The van der Waals surface area contributed by atoms with Crippen LogP contribution in [-0.4, -0.2) is 145 Å². The molecule has 2 aliphatic heterocycles. The zero-order valence-electron chi connectivity index (χ0n) is 52.7. The largest absolute Gasteiger partial charge is 0.484 e. The first kappa shape index (κ1) is 70.9. The van der Waals surface area contributed by atoms with E-state index in [2.05, 4.69) is 61.1 Å². The van der Waals surface area contributed by atoms with E-state index < -0.39 is 20.0 Å². The van der Waals surface area contributed by atoms with Crippen molar-refractivity contribution in [1.29, 1.82) is 0 Å². The van der Waals surface area contributed by atoms with Crippen LogP contribution in [0.4, 0.5) is 9.59 Å². The quantitative estimate of drug-likeness (QED) is 0.0179. The lowest BCUT2D eigenvalue weighted by atomic mass is 10.0. The van der Waals surface area contributed by atoms with Gasteiger partial charge in [0.2, 0.25) is 20.0 Å². The van der Waals surface area contributed by atoms with E-state index in [1.165, 1.54) is 0 Å². The number of amides is 4. The molecule has 4 heterocycles. The summed E-state index contributed by atoms with van der Waals surface area (Å²) in [5.41, 5.74) is 17.8. The Labute approximate surface area is 570 Å². The summed E-state index contributed by atoms with van der Waals surface area (Å²) >= 11 is 26.2. The van der Waals surface area contributed by atoms with Crippen LogP contribution in [0, 0.1) is 0 Å². The van der Waals surface area contributed by atoms with E-state index in [-0.39, 0.29) is 71.3 Å². The molecule has 6 atom stereocenters. The summed E-state index contributed by atoms with van der Waals surface area (Å²) in [6.07, 6.45) is 15.9. The van der Waals surface area contributed by atoms with E-state index >= 15 is 0 Å². The molecule has 6 aromatic rings. The molecule has 10 rings (SSSR count). The molecule has 0 saturated carbocycles. The molecule has 2 fully saturated rings. The topological polar surface area (TPSA) is 313 Å². The standard InChI is InChI=1S/C64H86Cl4N16O8S2/c65-43-31-55-53(57(67)33-43)35-59(81-27-11-13-45(69)39-81)61(55)91-49-15-19-51(20-16-49)93(87,88)75-25-5-1-3-9-29-83-41-47(77-79-83)37-73-63(85)71-23-7-8-24-72-64(86)74-38-48-42-84(80-78-48)30-10-4-2-6-26-76-94(89,90)52-21-17-50(18-22-52)92-62-56-32-44(66)34-58(68)54(56)36-60(62)82-28-12-14-46(70)40-82/h15-22,31-34,41-42,45-46,59-62,75-76H,1-14,23-30,35-40,69-70H2,(H2,71,73,85)(H2,72,74,86)/t45-,46-,59+,60?,61+,62+/m1/s1. The van der Waals surface area contributed by atoms with Crippen molar-refractivity contribution in [3.05, 3.63) is 139 Å². The SMILES string of the molecule is N[C@@H]1CCCN(C2Cc3c(Cl)cc(Cl)cc3[C@@H]2Oc2ccc(S(=O)(=O)NCCCCCCn3cc(CNC(=O)NCCCCNC(=O)NCc4cn(CCCCCCNS(=O)(=O)c5ccc(O[C@H]6c7cc(Cl)cc(Cl)c7C[C@@H]6N6CCC[C@@H](N)C6)cc5)nn4)nn3)cc2)C1. The summed E-state index contributed by atoms with van der Waals surface area (Å²) in [6.45, 7) is 6.47. The maximum atomic E-state index is 13.2. The van der Waals surface area contributed by atoms with Gasteiger partial charge in [-0.3, -0.25) is 19.2 Å². The molecule has 510 valence electrons. The summed E-state index contributed by atoms with van der Waals surface area (Å²) in [5, 5.41) is 30.2. The molecule has 30 heteroatoms. The predicted octanol–water partition coefficient (Wildman–Crippen LogP) is 8.58. The molecule has 24 nitrogen and oxygen atoms in total. The number of urea groups is 2. The van der Waals surface area contributed by atoms with E-state index in [1.807, 2.05) is 12.1 Å². The fourth-order valence-electron chi connectivity index (χ4n) is 12.8. The number of nitrogens with zero attached hydrogens (tertiary/aromatic N) is 8. The molecule has 0 radical (unpaired) electrons. The third kappa shape index (κ3) is 19.9. The Kier molecular flexibility index (Phi) is 25.5. The lowest BCUT2D eigenvalue weighted by molar-refractivity contribution is 0.0592. The van der Waals surface area contributed by atoms with Crippen LogP contribution in [0.25, 0.3) is 0 Å². The molecule has 1 unspecified atom stereocenters. The molecule has 0 spiro atoms. The Morgan fingerprint density at radius 2 is 0.915 bits per heavy atom. The molecule has 4 aliphatic rings. The molecule has 2 aliphatic carbocycles. The van der Waals surface area contributed by atoms with Gasteiger partial charge < -0.3 is 42.2 Å². The number of aromatic nitrogens is 6. The number of nitrogens with two attached hydrogens (primary N) is 2. The van der Waals surface area contributed by atoms with Crippen molar-refractivity contribution in [1.82, 2.24) is 70.5 Å².